The van der Waals surface area contributed by atoms with E-state index in [0.29, 0.717) is 6.73 Å². The summed E-state index contributed by atoms with van der Waals surface area (Å²) in [5.41, 5.74) is 8.78. The summed E-state index contributed by atoms with van der Waals surface area (Å²) >= 11 is 0. The van der Waals surface area contributed by atoms with E-state index >= 15 is 0 Å². The minimum atomic E-state index is 0.341. The van der Waals surface area contributed by atoms with E-state index in [1.807, 2.05) is 47.3 Å². The van der Waals surface area contributed by atoms with Gasteiger partial charge in [-0.25, -0.2) is 0 Å². The zero-order valence-electron chi connectivity index (χ0n) is 9.73. The number of pyridine rings is 1. The van der Waals surface area contributed by atoms with E-state index in [-0.39, 0.29) is 0 Å². The van der Waals surface area contributed by atoms with E-state index in [2.05, 4.69) is 22.5 Å². The maximum Gasteiger partial charge on any atom is 0.293 e. The first kappa shape index (κ1) is 11.9. The molecule has 18 heavy (non-hydrogen) atoms. The molecule has 5 nitrogen and oxygen atoms in total. The highest BCUT2D eigenvalue weighted by atomic mass is 16.5. The van der Waals surface area contributed by atoms with Crippen LogP contribution in [-0.4, -0.2) is 6.40 Å². The Morgan fingerprint density at radius 2 is 1.72 bits per heavy atom. The van der Waals surface area contributed by atoms with Gasteiger partial charge in [0.15, 0.2) is 12.4 Å². The highest BCUT2D eigenvalue weighted by molar-refractivity contribution is 5.61. The second kappa shape index (κ2) is 6.24. The third-order valence-corrected chi connectivity index (χ3v) is 2.40. The lowest BCUT2D eigenvalue weighted by atomic mass is 10.1. The Balaban J connectivity index is 2.02. The predicted molar refractivity (Wildman–Crippen MR) is 66.8 cm³/mol. The molecule has 1 aromatic heterocycles. The van der Waals surface area contributed by atoms with E-state index in [4.69, 9.17) is 10.3 Å². The largest absolute Gasteiger partial charge is 0.423 e. The zero-order chi connectivity index (χ0) is 12.6. The Labute approximate surface area is 105 Å². The zero-order valence-corrected chi connectivity index (χ0v) is 9.73. The first-order valence-electron chi connectivity index (χ1n) is 5.44. The van der Waals surface area contributed by atoms with E-state index in [0.717, 1.165) is 12.0 Å². The van der Waals surface area contributed by atoms with Gasteiger partial charge in [0.2, 0.25) is 6.40 Å². The van der Waals surface area contributed by atoms with Gasteiger partial charge in [-0.1, -0.05) is 30.3 Å². The van der Waals surface area contributed by atoms with Crippen molar-refractivity contribution in [2.24, 2.45) is 10.3 Å². The number of hydrogen-bond acceptors (Lipinski definition) is 3. The molecule has 2 rings (SSSR count). The molecule has 0 bridgehead atoms. The molecule has 1 N–H and O–H groups in total. The molecule has 0 radical (unpaired) electrons. The van der Waals surface area contributed by atoms with Crippen molar-refractivity contribution in [2.45, 2.75) is 6.73 Å². The quantitative estimate of drug-likeness (QED) is 0.282. The van der Waals surface area contributed by atoms with Crippen molar-refractivity contribution >= 4 is 6.40 Å². The summed E-state index contributed by atoms with van der Waals surface area (Å²) in [6.07, 6.45) is 4.99. The standard InChI is InChI=1S/C13H13N4O/c14-16-15-10-18-11-17-8-6-13(7-9-17)12-4-2-1-3-5-12/h1-10,14H,11H2/q+1/b15-10+,16-14?. The smallest absolute Gasteiger partial charge is 0.293 e. The van der Waals surface area contributed by atoms with Gasteiger partial charge in [-0.15, -0.1) is 5.10 Å². The highest BCUT2D eigenvalue weighted by Crippen LogP contribution is 2.16. The summed E-state index contributed by atoms with van der Waals surface area (Å²) in [6.45, 7) is 0.341. The van der Waals surface area contributed by atoms with Crippen LogP contribution in [0.2, 0.25) is 0 Å². The summed E-state index contributed by atoms with van der Waals surface area (Å²) in [5, 5.41) is 6.09. The molecule has 1 heterocycles. The molecule has 0 spiro atoms. The topological polar surface area (TPSA) is 61.7 Å². The predicted octanol–water partition coefficient (Wildman–Crippen LogP) is 2.59. The van der Waals surface area contributed by atoms with Gasteiger partial charge in [0.05, 0.1) is 0 Å². The number of nitrogens with one attached hydrogen (secondary N) is 1. The molecule has 0 saturated carbocycles. The number of rotatable bonds is 5. The van der Waals surface area contributed by atoms with Crippen molar-refractivity contribution < 1.29 is 9.30 Å². The van der Waals surface area contributed by atoms with Crippen LogP contribution in [0, 0.1) is 5.53 Å². The van der Waals surface area contributed by atoms with Crippen molar-refractivity contribution in [3.05, 3.63) is 54.9 Å². The SMILES string of the molecule is N=N/N=C/OC[n+]1ccc(-c2ccccc2)cc1. The van der Waals surface area contributed by atoms with Gasteiger partial charge < -0.3 is 4.74 Å². The maximum absolute atomic E-state index is 6.45. The van der Waals surface area contributed by atoms with Crippen molar-refractivity contribution in [3.8, 4) is 11.1 Å². The summed E-state index contributed by atoms with van der Waals surface area (Å²) in [4.78, 5) is 0. The van der Waals surface area contributed by atoms with Gasteiger partial charge in [-0.05, 0) is 16.4 Å². The van der Waals surface area contributed by atoms with Crippen LogP contribution >= 0.6 is 0 Å². The fourth-order valence-corrected chi connectivity index (χ4v) is 1.54. The highest BCUT2D eigenvalue weighted by Gasteiger charge is 2.01. The van der Waals surface area contributed by atoms with Crippen LogP contribution in [0.1, 0.15) is 0 Å². The van der Waals surface area contributed by atoms with Crippen LogP contribution in [-0.2, 0) is 11.5 Å². The van der Waals surface area contributed by atoms with E-state index < -0.39 is 0 Å². The van der Waals surface area contributed by atoms with Gasteiger partial charge in [0, 0.05) is 12.1 Å². The van der Waals surface area contributed by atoms with E-state index in [1.165, 1.54) is 5.56 Å². The van der Waals surface area contributed by atoms with Gasteiger partial charge in [-0.3, -0.25) is 0 Å². The Kier molecular flexibility index (Phi) is 4.13. The Morgan fingerprint density at radius 1 is 1.06 bits per heavy atom. The van der Waals surface area contributed by atoms with E-state index in [9.17, 15) is 0 Å². The van der Waals surface area contributed by atoms with Crippen LogP contribution in [0.4, 0.5) is 0 Å². The lowest BCUT2D eigenvalue weighted by Gasteiger charge is -2.00. The monoisotopic (exact) mass is 241 g/mol. The molecule has 0 amide bonds. The molecule has 5 heteroatoms. The van der Waals surface area contributed by atoms with Crippen molar-refractivity contribution in [1.82, 2.24) is 0 Å². The molecule has 0 aliphatic carbocycles. The lowest BCUT2D eigenvalue weighted by Crippen LogP contribution is -2.33. The number of aromatic nitrogens is 1. The molecule has 1 aromatic carbocycles. The maximum atomic E-state index is 6.45. The van der Waals surface area contributed by atoms with Gasteiger partial charge in [-0.2, -0.15) is 10.1 Å². The molecule has 90 valence electrons. The molecule has 0 unspecified atom stereocenters. The second-order valence-electron chi connectivity index (χ2n) is 3.58. The molecule has 0 aliphatic rings. The van der Waals surface area contributed by atoms with Gasteiger partial charge >= 0.3 is 0 Å². The molecular formula is C13H13N4O+. The fourth-order valence-electron chi connectivity index (χ4n) is 1.54. The average Bonchev–Trinajstić information content (AvgIpc) is 2.45. The Morgan fingerprint density at radius 3 is 2.39 bits per heavy atom. The first-order chi connectivity index (χ1) is 8.90. The molecule has 0 fully saturated rings. The summed E-state index contributed by atoms with van der Waals surface area (Å²) in [6, 6.07) is 14.2. The van der Waals surface area contributed by atoms with Crippen LogP contribution in [0.3, 0.4) is 0 Å². The van der Waals surface area contributed by atoms with Crippen LogP contribution in [0.15, 0.2) is 65.2 Å². The Hall–Kier alpha value is -2.56. The summed E-state index contributed by atoms with van der Waals surface area (Å²) in [5.74, 6) is 0. The second-order valence-corrected chi connectivity index (χ2v) is 3.58. The normalized spacial score (nSPS) is 10.4. The van der Waals surface area contributed by atoms with Gasteiger partial charge in [0.25, 0.3) is 6.73 Å². The molecule has 0 aliphatic heterocycles. The minimum absolute atomic E-state index is 0.341. The third-order valence-electron chi connectivity index (χ3n) is 2.40. The first-order valence-corrected chi connectivity index (χ1v) is 5.44. The average molecular weight is 241 g/mol. The Bertz CT molecular complexity index is 522. The van der Waals surface area contributed by atoms with Gasteiger partial charge in [0.1, 0.15) is 0 Å². The summed E-state index contributed by atoms with van der Waals surface area (Å²) in [7, 11) is 0. The molecule has 0 atom stereocenters. The minimum Gasteiger partial charge on any atom is -0.423 e. The number of nitrogens with zero attached hydrogens (tertiary/aromatic N) is 3. The molecule has 2 aromatic rings. The van der Waals surface area contributed by atoms with Crippen molar-refractivity contribution in [1.29, 1.82) is 5.53 Å². The van der Waals surface area contributed by atoms with Crippen LogP contribution in [0.25, 0.3) is 11.1 Å². The summed E-state index contributed by atoms with van der Waals surface area (Å²) < 4.78 is 6.93. The van der Waals surface area contributed by atoms with Crippen LogP contribution in [0.5, 0.6) is 0 Å². The lowest BCUT2D eigenvalue weighted by molar-refractivity contribution is -0.726. The van der Waals surface area contributed by atoms with Crippen LogP contribution < -0.4 is 4.57 Å². The third kappa shape index (κ3) is 3.21. The van der Waals surface area contributed by atoms with Crippen molar-refractivity contribution in [2.75, 3.05) is 0 Å². The number of ether oxygens (including phenoxy) is 1. The van der Waals surface area contributed by atoms with E-state index in [1.54, 1.807) is 0 Å². The number of hydrogen-bond donors (Lipinski definition) is 1. The van der Waals surface area contributed by atoms with Crippen molar-refractivity contribution in [3.63, 3.8) is 0 Å². The number of benzene rings is 1. The molecule has 0 saturated heterocycles. The fraction of sp³-hybridized carbons (Fsp3) is 0.0769. The molecular weight excluding hydrogens is 228 g/mol.